The Morgan fingerprint density at radius 1 is 0.407 bits per heavy atom. The molecule has 0 saturated carbocycles. The molecule has 0 saturated heterocycles. The van der Waals surface area contributed by atoms with Crippen LogP contribution in [0.1, 0.15) is 11.1 Å². The molecule has 0 spiro atoms. The van der Waals surface area contributed by atoms with E-state index in [4.69, 9.17) is 19.9 Å². The molecule has 0 bridgehead atoms. The van der Waals surface area contributed by atoms with Crippen LogP contribution >= 0.6 is 0 Å². The van der Waals surface area contributed by atoms with Crippen LogP contribution in [-0.2, 0) is 0 Å². The first-order chi connectivity index (χ1) is 26.8. The van der Waals surface area contributed by atoms with Crippen LogP contribution in [0.3, 0.4) is 0 Å². The van der Waals surface area contributed by atoms with Gasteiger partial charge in [0.1, 0.15) is 16.5 Å². The summed E-state index contributed by atoms with van der Waals surface area (Å²) in [5.41, 5.74) is 11.4. The molecule has 54 heavy (non-hydrogen) atoms. The van der Waals surface area contributed by atoms with Gasteiger partial charge >= 0.3 is 0 Å². The molecule has 6 heteroatoms. The summed E-state index contributed by atoms with van der Waals surface area (Å²) < 4.78 is 4.70. The van der Waals surface area contributed by atoms with Crippen molar-refractivity contribution in [1.29, 1.82) is 0 Å². The van der Waals surface area contributed by atoms with Crippen molar-refractivity contribution in [1.82, 2.24) is 28.7 Å². The summed E-state index contributed by atoms with van der Waals surface area (Å²) in [5.74, 6) is 0. The van der Waals surface area contributed by atoms with E-state index in [-0.39, 0.29) is 0 Å². The van der Waals surface area contributed by atoms with Gasteiger partial charge in [0.15, 0.2) is 11.3 Å². The lowest BCUT2D eigenvalue weighted by molar-refractivity contribution is 0.999. The Balaban J connectivity index is 1.48. The summed E-state index contributed by atoms with van der Waals surface area (Å²) in [6.45, 7) is 0. The lowest BCUT2D eigenvalue weighted by Gasteiger charge is -2.16. The molecule has 0 fully saturated rings. The molecule has 0 amide bonds. The van der Waals surface area contributed by atoms with Gasteiger partial charge in [-0.05, 0) is 32.7 Å². The summed E-state index contributed by atoms with van der Waals surface area (Å²) >= 11 is 0. The van der Waals surface area contributed by atoms with Crippen LogP contribution in [0.2, 0.25) is 0 Å². The molecule has 0 N–H and O–H groups in total. The van der Waals surface area contributed by atoms with Crippen LogP contribution < -0.4 is 5.48 Å². The number of rotatable bonds is 3. The van der Waals surface area contributed by atoms with E-state index < -0.39 is 0 Å². The quantitative estimate of drug-likeness (QED) is 0.185. The monoisotopic (exact) mass is 688 g/mol. The Bertz CT molecular complexity index is 3470. The summed E-state index contributed by atoms with van der Waals surface area (Å²) in [7, 11) is 0. The lowest BCUT2D eigenvalue weighted by atomic mass is 9.90. The molecule has 0 atom stereocenters. The first kappa shape index (κ1) is 29.2. The van der Waals surface area contributed by atoms with E-state index in [1.54, 1.807) is 12.4 Å². The zero-order valence-corrected chi connectivity index (χ0v) is 28.8. The molecule has 5 aromatic heterocycles. The normalized spacial score (nSPS) is 12.1. The third-order valence-electron chi connectivity index (χ3n) is 11.0. The fraction of sp³-hybridized carbons (Fsp3) is 0. The molecule has 5 heterocycles. The van der Waals surface area contributed by atoms with Gasteiger partial charge in [-0.2, -0.15) is 0 Å². The van der Waals surface area contributed by atoms with E-state index in [1.165, 1.54) is 10.8 Å². The van der Waals surface area contributed by atoms with Crippen LogP contribution in [0.15, 0.2) is 170 Å². The van der Waals surface area contributed by atoms with Crippen molar-refractivity contribution in [2.45, 2.75) is 0 Å². The predicted octanol–water partition coefficient (Wildman–Crippen LogP) is 10.3. The second-order valence-corrected chi connectivity index (χ2v) is 13.8. The number of nitrogens with zero attached hydrogens (tertiary/aromatic N) is 6. The van der Waals surface area contributed by atoms with Crippen molar-refractivity contribution in [3.63, 3.8) is 0 Å². The highest BCUT2D eigenvalue weighted by Crippen LogP contribution is 2.39. The fourth-order valence-electron chi connectivity index (χ4n) is 8.77. The smallest absolute Gasteiger partial charge is 0.165 e. The minimum Gasteiger partial charge on any atom is -0.276 e. The largest absolute Gasteiger partial charge is 0.276 e. The average molecular weight is 689 g/mol. The standard InChI is InChI=1S/C48H28N6/c1-2-14-31(15-3-1)40-28-51-47-43(52-40)39-25-11-23-37-36-22-10-24-38-42-46(50-27-26-49-42)53(44(36)38)48(54(47)45(37)39)41(34-20-8-16-29-12-4-6-18-32(29)34)35-21-9-17-30-13-5-7-19-33(30)35/h1-28H. The lowest BCUT2D eigenvalue weighted by Crippen LogP contribution is -2.25. The second-order valence-electron chi connectivity index (χ2n) is 13.8. The Morgan fingerprint density at radius 3 is 1.57 bits per heavy atom. The Labute approximate surface area is 307 Å². The molecule has 250 valence electrons. The SMILES string of the molecule is c1ccc(-c2cnc3c(n2)c2cccc4c5cccc6c7nccnc7n(c(=C(c7cccc8ccccc78)c7cccc8ccccc78)n3c42)c56)cc1. The highest BCUT2D eigenvalue weighted by molar-refractivity contribution is 6.22. The minimum absolute atomic E-state index is 0.775. The van der Waals surface area contributed by atoms with Crippen LogP contribution in [0.4, 0.5) is 0 Å². The highest BCUT2D eigenvalue weighted by Gasteiger charge is 2.25. The Hall–Kier alpha value is -7.44. The van der Waals surface area contributed by atoms with E-state index in [2.05, 4.69) is 142 Å². The van der Waals surface area contributed by atoms with Crippen molar-refractivity contribution in [2.24, 2.45) is 0 Å². The van der Waals surface area contributed by atoms with Crippen LogP contribution in [0, 0.1) is 0 Å². The average Bonchev–Trinajstić information content (AvgIpc) is 3.71. The number of hydrogen-bond donors (Lipinski definition) is 0. The molecule has 0 unspecified atom stereocenters. The number of benzene rings is 7. The zero-order valence-electron chi connectivity index (χ0n) is 28.8. The number of para-hydroxylation sites is 2. The summed E-state index contributed by atoms with van der Waals surface area (Å²) in [6.07, 6.45) is 5.50. The molecular weight excluding hydrogens is 661 g/mol. The molecule has 7 aromatic carbocycles. The molecule has 6 nitrogen and oxygen atoms in total. The topological polar surface area (TPSA) is 60.4 Å². The van der Waals surface area contributed by atoms with Gasteiger partial charge in [0.25, 0.3) is 0 Å². The van der Waals surface area contributed by atoms with Gasteiger partial charge in [-0.25, -0.2) is 15.0 Å². The number of aromatic nitrogens is 6. The van der Waals surface area contributed by atoms with Gasteiger partial charge in [0, 0.05) is 45.1 Å². The third kappa shape index (κ3) is 3.94. The van der Waals surface area contributed by atoms with Gasteiger partial charge in [-0.1, -0.05) is 152 Å². The number of hydrogen-bond acceptors (Lipinski definition) is 4. The summed E-state index contributed by atoms with van der Waals surface area (Å²) in [5, 5.41) is 8.95. The minimum atomic E-state index is 0.775. The van der Waals surface area contributed by atoms with Crippen molar-refractivity contribution in [3.05, 3.63) is 187 Å². The molecule has 0 radical (unpaired) electrons. The Morgan fingerprint density at radius 2 is 0.907 bits per heavy atom. The zero-order chi connectivity index (χ0) is 35.3. The van der Waals surface area contributed by atoms with Gasteiger partial charge in [0.05, 0.1) is 22.9 Å². The maximum atomic E-state index is 5.39. The summed E-state index contributed by atoms with van der Waals surface area (Å²) in [4.78, 5) is 20.8. The highest BCUT2D eigenvalue weighted by atomic mass is 15.1. The maximum Gasteiger partial charge on any atom is 0.165 e. The second kappa shape index (κ2) is 11.0. The molecular formula is C48H28N6. The number of fused-ring (bicyclic) bond motifs is 9. The molecule has 0 aliphatic rings. The van der Waals surface area contributed by atoms with Crippen molar-refractivity contribution in [3.8, 4) is 11.3 Å². The first-order valence-electron chi connectivity index (χ1n) is 18.1. The van der Waals surface area contributed by atoms with Crippen LogP contribution in [-0.4, -0.2) is 28.7 Å². The van der Waals surface area contributed by atoms with E-state index in [9.17, 15) is 0 Å². The van der Waals surface area contributed by atoms with Gasteiger partial charge < -0.3 is 0 Å². The van der Waals surface area contributed by atoms with Crippen LogP contribution in [0.25, 0.3) is 93.3 Å². The first-order valence-corrected chi connectivity index (χ1v) is 18.1. The molecule has 12 aromatic rings. The van der Waals surface area contributed by atoms with Crippen molar-refractivity contribution < 1.29 is 0 Å². The molecule has 0 aliphatic heterocycles. The van der Waals surface area contributed by atoms with E-state index >= 15 is 0 Å². The van der Waals surface area contributed by atoms with E-state index in [1.807, 2.05) is 24.4 Å². The van der Waals surface area contributed by atoms with E-state index in [0.29, 0.717) is 0 Å². The van der Waals surface area contributed by atoms with Gasteiger partial charge in [-0.15, -0.1) is 0 Å². The van der Waals surface area contributed by atoms with Crippen molar-refractivity contribution >= 4 is 82.0 Å². The molecule has 12 rings (SSSR count). The van der Waals surface area contributed by atoms with Crippen molar-refractivity contribution in [2.75, 3.05) is 0 Å². The predicted molar refractivity (Wildman–Crippen MR) is 220 cm³/mol. The van der Waals surface area contributed by atoms with Gasteiger partial charge in [0.2, 0.25) is 0 Å². The van der Waals surface area contributed by atoms with Crippen LogP contribution in [0.5, 0.6) is 0 Å². The summed E-state index contributed by atoms with van der Waals surface area (Å²) in [6, 6.07) is 53.9. The molecule has 0 aliphatic carbocycles. The van der Waals surface area contributed by atoms with Gasteiger partial charge in [-0.3, -0.25) is 13.8 Å². The Kier molecular flexibility index (Phi) is 5.96. The maximum absolute atomic E-state index is 5.39. The fourth-order valence-corrected chi connectivity index (χ4v) is 8.77. The third-order valence-corrected chi connectivity index (χ3v) is 11.0. The van der Waals surface area contributed by atoms with E-state index in [0.717, 1.165) is 99.1 Å².